The van der Waals surface area contributed by atoms with Crippen LogP contribution in [0.25, 0.3) is 5.52 Å². The quantitative estimate of drug-likeness (QED) is 0.928. The maximum absolute atomic E-state index is 12.1. The Bertz CT molecular complexity index is 628. The summed E-state index contributed by atoms with van der Waals surface area (Å²) in [5, 5.41) is 7.24. The normalized spacial score (nSPS) is 16.6. The second kappa shape index (κ2) is 5.71. The molecule has 0 atom stereocenters. The molecule has 3 heterocycles. The van der Waals surface area contributed by atoms with Crippen molar-refractivity contribution < 1.29 is 4.79 Å². The van der Waals surface area contributed by atoms with Crippen molar-refractivity contribution in [1.29, 1.82) is 0 Å². The Kier molecular flexibility index (Phi) is 3.77. The molecule has 0 aliphatic carbocycles. The minimum absolute atomic E-state index is 0.119. The van der Waals surface area contributed by atoms with E-state index in [0.29, 0.717) is 0 Å². The number of hydrogen-bond donors (Lipinski definition) is 1. The number of carbonyl (C=O) groups is 1. The molecule has 0 saturated carbocycles. The van der Waals surface area contributed by atoms with Crippen LogP contribution in [0.2, 0.25) is 0 Å². The number of carbonyl (C=O) groups excluding carboxylic acids is 1. The molecule has 0 spiro atoms. The molecule has 1 saturated heterocycles. The molecule has 21 heavy (non-hydrogen) atoms. The van der Waals surface area contributed by atoms with E-state index in [1.807, 2.05) is 30.6 Å². The van der Waals surface area contributed by atoms with E-state index in [9.17, 15) is 4.79 Å². The first-order chi connectivity index (χ1) is 10.1. The lowest BCUT2D eigenvalue weighted by Gasteiger charge is -2.32. The van der Waals surface area contributed by atoms with E-state index in [2.05, 4.69) is 20.3 Å². The summed E-state index contributed by atoms with van der Waals surface area (Å²) in [5.74, 6) is 1.26. The van der Waals surface area contributed by atoms with Gasteiger partial charge in [0, 0.05) is 37.4 Å². The molecule has 0 radical (unpaired) electrons. The minimum Gasteiger partial charge on any atom is -0.355 e. The highest BCUT2D eigenvalue weighted by molar-refractivity contribution is 5.79. The van der Waals surface area contributed by atoms with E-state index in [4.69, 9.17) is 0 Å². The van der Waals surface area contributed by atoms with Gasteiger partial charge in [-0.2, -0.15) is 5.10 Å². The number of fused-ring (bicyclic) bond motifs is 1. The van der Waals surface area contributed by atoms with Crippen molar-refractivity contribution in [2.24, 2.45) is 5.92 Å². The predicted molar refractivity (Wildman–Crippen MR) is 81.2 cm³/mol. The van der Waals surface area contributed by atoms with Gasteiger partial charge in [0.25, 0.3) is 0 Å². The number of amides is 1. The van der Waals surface area contributed by atoms with Gasteiger partial charge in [-0.25, -0.2) is 9.50 Å². The van der Waals surface area contributed by atoms with Crippen molar-refractivity contribution in [1.82, 2.24) is 19.9 Å². The molecule has 1 N–H and O–H groups in total. The van der Waals surface area contributed by atoms with E-state index >= 15 is 0 Å². The average Bonchev–Trinajstić information content (AvgIpc) is 2.95. The van der Waals surface area contributed by atoms with E-state index in [1.54, 1.807) is 12.4 Å². The van der Waals surface area contributed by atoms with E-state index in [1.165, 1.54) is 0 Å². The first-order valence-electron chi connectivity index (χ1n) is 7.49. The lowest BCUT2D eigenvalue weighted by atomic mass is 9.95. The third-order valence-electron chi connectivity index (χ3n) is 3.90. The molecule has 1 aliphatic heterocycles. The summed E-state index contributed by atoms with van der Waals surface area (Å²) in [6, 6.07) is 2.18. The van der Waals surface area contributed by atoms with Gasteiger partial charge < -0.3 is 10.2 Å². The van der Waals surface area contributed by atoms with Crippen LogP contribution in [-0.4, -0.2) is 39.6 Å². The van der Waals surface area contributed by atoms with Crippen LogP contribution in [-0.2, 0) is 4.79 Å². The van der Waals surface area contributed by atoms with Gasteiger partial charge in [0.1, 0.15) is 5.52 Å². The molecule has 6 nitrogen and oxygen atoms in total. The van der Waals surface area contributed by atoms with Crippen molar-refractivity contribution in [3.05, 3.63) is 24.7 Å². The summed E-state index contributed by atoms with van der Waals surface area (Å²) in [6.07, 6.45) is 7.14. The number of nitrogens with zero attached hydrogens (tertiary/aromatic N) is 4. The van der Waals surface area contributed by atoms with E-state index < -0.39 is 0 Å². The van der Waals surface area contributed by atoms with Gasteiger partial charge in [-0.3, -0.25) is 4.79 Å². The highest BCUT2D eigenvalue weighted by atomic mass is 16.1. The van der Waals surface area contributed by atoms with Gasteiger partial charge in [0.2, 0.25) is 5.91 Å². The first-order valence-corrected chi connectivity index (χ1v) is 7.49. The first kappa shape index (κ1) is 13.9. The maximum Gasteiger partial charge on any atom is 0.223 e. The Balaban J connectivity index is 1.68. The van der Waals surface area contributed by atoms with E-state index in [0.717, 1.165) is 37.3 Å². The number of rotatable bonds is 3. The Morgan fingerprint density at radius 2 is 2.10 bits per heavy atom. The van der Waals surface area contributed by atoms with Crippen LogP contribution in [0.5, 0.6) is 0 Å². The van der Waals surface area contributed by atoms with Gasteiger partial charge in [0.05, 0.1) is 6.20 Å². The molecule has 0 aromatic carbocycles. The van der Waals surface area contributed by atoms with Gasteiger partial charge in [-0.1, -0.05) is 0 Å². The second-order valence-electron chi connectivity index (χ2n) is 5.84. The zero-order valence-corrected chi connectivity index (χ0v) is 12.5. The number of hydrogen-bond acceptors (Lipinski definition) is 4. The summed E-state index contributed by atoms with van der Waals surface area (Å²) >= 11 is 0. The van der Waals surface area contributed by atoms with Crippen LogP contribution in [0.3, 0.4) is 0 Å². The third-order valence-corrected chi connectivity index (χ3v) is 3.90. The average molecular weight is 287 g/mol. The molecular formula is C15H21N5O. The number of aromatic nitrogens is 3. The van der Waals surface area contributed by atoms with Gasteiger partial charge in [0.15, 0.2) is 5.82 Å². The molecule has 3 rings (SSSR count). The lowest BCUT2D eigenvalue weighted by molar-refractivity contribution is -0.126. The van der Waals surface area contributed by atoms with Crippen LogP contribution in [0, 0.1) is 5.92 Å². The Labute approximate surface area is 124 Å². The maximum atomic E-state index is 12.1. The lowest BCUT2D eigenvalue weighted by Crippen LogP contribution is -2.42. The zero-order valence-electron chi connectivity index (χ0n) is 12.5. The molecule has 6 heteroatoms. The Morgan fingerprint density at radius 3 is 2.81 bits per heavy atom. The summed E-state index contributed by atoms with van der Waals surface area (Å²) in [5.41, 5.74) is 1.02. The third kappa shape index (κ3) is 2.84. The molecule has 2 aromatic heterocycles. The van der Waals surface area contributed by atoms with Crippen molar-refractivity contribution >= 4 is 17.2 Å². The zero-order chi connectivity index (χ0) is 14.8. The minimum atomic E-state index is 0.119. The summed E-state index contributed by atoms with van der Waals surface area (Å²) in [4.78, 5) is 18.8. The van der Waals surface area contributed by atoms with Crippen LogP contribution >= 0.6 is 0 Å². The summed E-state index contributed by atoms with van der Waals surface area (Å²) in [6.45, 7) is 5.70. The van der Waals surface area contributed by atoms with Gasteiger partial charge in [-0.15, -0.1) is 0 Å². The fourth-order valence-corrected chi connectivity index (χ4v) is 2.84. The van der Waals surface area contributed by atoms with Gasteiger partial charge in [-0.05, 0) is 32.8 Å². The molecule has 1 fully saturated rings. The number of anilines is 1. The molecule has 0 bridgehead atoms. The van der Waals surface area contributed by atoms with Crippen molar-refractivity contribution in [3.8, 4) is 0 Å². The number of piperidine rings is 1. The largest absolute Gasteiger partial charge is 0.355 e. The molecule has 1 amide bonds. The molecule has 1 aliphatic rings. The molecule has 112 valence electrons. The Hall–Kier alpha value is -2.11. The fourth-order valence-electron chi connectivity index (χ4n) is 2.84. The fraction of sp³-hybridized carbons (Fsp3) is 0.533. The monoisotopic (exact) mass is 287 g/mol. The topological polar surface area (TPSA) is 62.5 Å². The Morgan fingerprint density at radius 1 is 1.33 bits per heavy atom. The molecule has 0 unspecified atom stereocenters. The van der Waals surface area contributed by atoms with Crippen LogP contribution in [0.1, 0.15) is 26.7 Å². The molecular weight excluding hydrogens is 266 g/mol. The van der Waals surface area contributed by atoms with Crippen LogP contribution in [0.15, 0.2) is 24.7 Å². The highest BCUT2D eigenvalue weighted by Gasteiger charge is 2.26. The van der Waals surface area contributed by atoms with Crippen molar-refractivity contribution in [2.75, 3.05) is 18.0 Å². The molecule has 2 aromatic rings. The van der Waals surface area contributed by atoms with Crippen molar-refractivity contribution in [2.45, 2.75) is 32.7 Å². The van der Waals surface area contributed by atoms with Gasteiger partial charge >= 0.3 is 0 Å². The van der Waals surface area contributed by atoms with E-state index in [-0.39, 0.29) is 17.9 Å². The van der Waals surface area contributed by atoms with Crippen molar-refractivity contribution in [3.63, 3.8) is 0 Å². The van der Waals surface area contributed by atoms with Crippen LogP contribution in [0.4, 0.5) is 5.82 Å². The smallest absolute Gasteiger partial charge is 0.223 e. The second-order valence-corrected chi connectivity index (χ2v) is 5.84. The number of nitrogens with one attached hydrogen (secondary N) is 1. The highest BCUT2D eigenvalue weighted by Crippen LogP contribution is 2.25. The standard InChI is InChI=1S/C15H21N5O/c1-11(2)18-15(21)12-4-8-19(9-5-12)14-13-3-6-17-20(13)10-7-16-14/h3,6-7,10-12H,4-5,8-9H2,1-2H3,(H,18,21). The predicted octanol–water partition coefficient (Wildman–Crippen LogP) is 1.47. The SMILES string of the molecule is CC(C)NC(=O)C1CCN(c2nccn3nccc23)CC1. The summed E-state index contributed by atoms with van der Waals surface area (Å²) < 4.78 is 1.83. The van der Waals surface area contributed by atoms with Crippen LogP contribution < -0.4 is 10.2 Å². The summed E-state index contributed by atoms with van der Waals surface area (Å²) in [7, 11) is 0.